The van der Waals surface area contributed by atoms with E-state index in [1.807, 2.05) is 19.0 Å². The lowest BCUT2D eigenvalue weighted by Gasteiger charge is -2.43. The summed E-state index contributed by atoms with van der Waals surface area (Å²) in [5, 5.41) is 0. The standard InChI is InChI=1S/C15H21FN2O/c1-11-5-4-6-15(8-11,18(2)3)14(19)12-7-13(16)10-17-9-12/h7,9-11H,4-6,8H2,1-3H3. The second-order valence-corrected chi connectivity index (χ2v) is 5.85. The number of likely N-dealkylation sites (N-methyl/N-ethyl adjacent to an activating group) is 1. The molecular weight excluding hydrogens is 243 g/mol. The van der Waals surface area contributed by atoms with Crippen molar-refractivity contribution in [3.05, 3.63) is 29.8 Å². The van der Waals surface area contributed by atoms with Gasteiger partial charge in [-0.2, -0.15) is 0 Å². The minimum Gasteiger partial charge on any atom is -0.297 e. The largest absolute Gasteiger partial charge is 0.297 e. The van der Waals surface area contributed by atoms with E-state index in [0.29, 0.717) is 11.5 Å². The van der Waals surface area contributed by atoms with Gasteiger partial charge in [-0.3, -0.25) is 14.7 Å². The first kappa shape index (κ1) is 14.1. The van der Waals surface area contributed by atoms with E-state index in [0.717, 1.165) is 31.9 Å². The smallest absolute Gasteiger partial charge is 0.184 e. The molecule has 1 heterocycles. The zero-order valence-electron chi connectivity index (χ0n) is 11.8. The zero-order chi connectivity index (χ0) is 14.0. The highest BCUT2D eigenvalue weighted by atomic mass is 19.1. The molecule has 0 amide bonds. The Morgan fingerprint density at radius 1 is 1.47 bits per heavy atom. The molecule has 104 valence electrons. The third-order valence-electron chi connectivity index (χ3n) is 4.22. The van der Waals surface area contributed by atoms with Gasteiger partial charge in [-0.25, -0.2) is 4.39 Å². The number of aromatic nitrogens is 1. The highest BCUT2D eigenvalue weighted by Crippen LogP contribution is 2.38. The number of pyridine rings is 1. The van der Waals surface area contributed by atoms with Gasteiger partial charge in [0.25, 0.3) is 0 Å². The number of hydrogen-bond donors (Lipinski definition) is 0. The second kappa shape index (κ2) is 5.37. The van der Waals surface area contributed by atoms with Crippen molar-refractivity contribution in [3.8, 4) is 0 Å². The minimum absolute atomic E-state index is 0.00366. The lowest BCUT2D eigenvalue weighted by molar-refractivity contribution is 0.0485. The summed E-state index contributed by atoms with van der Waals surface area (Å²) in [4.78, 5) is 18.6. The van der Waals surface area contributed by atoms with Crippen LogP contribution in [0, 0.1) is 11.7 Å². The molecule has 1 aromatic rings. The number of nitrogens with zero attached hydrogens (tertiary/aromatic N) is 2. The lowest BCUT2D eigenvalue weighted by atomic mass is 9.72. The van der Waals surface area contributed by atoms with Gasteiger partial charge in [0.1, 0.15) is 5.82 Å². The topological polar surface area (TPSA) is 33.2 Å². The van der Waals surface area contributed by atoms with Crippen LogP contribution in [0.4, 0.5) is 4.39 Å². The van der Waals surface area contributed by atoms with E-state index in [4.69, 9.17) is 0 Å². The molecular formula is C15H21FN2O. The first-order valence-corrected chi connectivity index (χ1v) is 6.78. The summed E-state index contributed by atoms with van der Waals surface area (Å²) in [7, 11) is 3.87. The van der Waals surface area contributed by atoms with E-state index >= 15 is 0 Å². The normalized spacial score (nSPS) is 27.5. The van der Waals surface area contributed by atoms with Crippen molar-refractivity contribution >= 4 is 5.78 Å². The van der Waals surface area contributed by atoms with Crippen LogP contribution in [0.2, 0.25) is 0 Å². The average molecular weight is 264 g/mol. The van der Waals surface area contributed by atoms with Gasteiger partial charge in [0, 0.05) is 11.8 Å². The molecule has 1 aromatic heterocycles. The van der Waals surface area contributed by atoms with Crippen LogP contribution in [0.25, 0.3) is 0 Å². The maximum Gasteiger partial charge on any atom is 0.184 e. The van der Waals surface area contributed by atoms with Crippen LogP contribution < -0.4 is 0 Å². The number of ketones is 1. The molecule has 0 aromatic carbocycles. The maximum absolute atomic E-state index is 13.3. The number of carbonyl (C=O) groups excluding carboxylic acids is 1. The Morgan fingerprint density at radius 3 is 2.79 bits per heavy atom. The first-order chi connectivity index (χ1) is 8.95. The third kappa shape index (κ3) is 2.68. The Labute approximate surface area is 113 Å². The van der Waals surface area contributed by atoms with Crippen molar-refractivity contribution in [2.75, 3.05) is 14.1 Å². The van der Waals surface area contributed by atoms with Crippen molar-refractivity contribution in [2.45, 2.75) is 38.1 Å². The van der Waals surface area contributed by atoms with E-state index < -0.39 is 11.4 Å². The van der Waals surface area contributed by atoms with E-state index in [1.165, 1.54) is 12.3 Å². The Hall–Kier alpha value is -1.29. The van der Waals surface area contributed by atoms with Gasteiger partial charge in [0.05, 0.1) is 11.7 Å². The predicted octanol–water partition coefficient (Wildman–Crippen LogP) is 2.91. The number of carbonyl (C=O) groups is 1. The van der Waals surface area contributed by atoms with E-state index in [2.05, 4.69) is 11.9 Å². The molecule has 2 atom stereocenters. The summed E-state index contributed by atoms with van der Waals surface area (Å²) in [6, 6.07) is 1.29. The average Bonchev–Trinajstić information content (AvgIpc) is 2.37. The fraction of sp³-hybridized carbons (Fsp3) is 0.600. The van der Waals surface area contributed by atoms with Crippen LogP contribution in [0.15, 0.2) is 18.5 Å². The molecule has 1 saturated carbocycles. The fourth-order valence-corrected chi connectivity index (χ4v) is 3.14. The predicted molar refractivity (Wildman–Crippen MR) is 72.6 cm³/mol. The molecule has 4 heteroatoms. The van der Waals surface area contributed by atoms with Crippen LogP contribution in [0.3, 0.4) is 0 Å². The molecule has 0 radical (unpaired) electrons. The van der Waals surface area contributed by atoms with Crippen LogP contribution >= 0.6 is 0 Å². The number of hydrogen-bond acceptors (Lipinski definition) is 3. The number of halogens is 1. The Morgan fingerprint density at radius 2 is 2.21 bits per heavy atom. The summed E-state index contributed by atoms with van der Waals surface area (Å²) < 4.78 is 13.3. The van der Waals surface area contributed by atoms with Crippen LogP contribution in [-0.2, 0) is 0 Å². The SMILES string of the molecule is CC1CCCC(C(=O)c2cncc(F)c2)(N(C)C)C1. The monoisotopic (exact) mass is 264 g/mol. The summed E-state index contributed by atoms with van der Waals surface area (Å²) in [5.74, 6) is 0.0567. The molecule has 2 unspecified atom stereocenters. The van der Waals surface area contributed by atoms with Crippen LogP contribution in [-0.4, -0.2) is 35.3 Å². The van der Waals surface area contributed by atoms with E-state index in [1.54, 1.807) is 0 Å². The molecule has 0 aliphatic heterocycles. The third-order valence-corrected chi connectivity index (χ3v) is 4.22. The highest BCUT2D eigenvalue weighted by molar-refractivity contribution is 6.03. The Kier molecular flexibility index (Phi) is 3.99. The van der Waals surface area contributed by atoms with Crippen LogP contribution in [0.5, 0.6) is 0 Å². The molecule has 1 aliphatic carbocycles. The molecule has 3 nitrogen and oxygen atoms in total. The van der Waals surface area contributed by atoms with Crippen molar-refractivity contribution < 1.29 is 9.18 Å². The summed E-state index contributed by atoms with van der Waals surface area (Å²) in [6.07, 6.45) is 6.45. The molecule has 1 aliphatic rings. The van der Waals surface area contributed by atoms with Gasteiger partial charge >= 0.3 is 0 Å². The molecule has 19 heavy (non-hydrogen) atoms. The quantitative estimate of drug-likeness (QED) is 0.787. The Bertz CT molecular complexity index is 475. The molecule has 2 rings (SSSR count). The van der Waals surface area contributed by atoms with Crippen molar-refractivity contribution in [1.29, 1.82) is 0 Å². The van der Waals surface area contributed by atoms with Gasteiger partial charge in [0.15, 0.2) is 5.78 Å². The lowest BCUT2D eigenvalue weighted by Crippen LogP contribution is -2.53. The van der Waals surface area contributed by atoms with E-state index in [9.17, 15) is 9.18 Å². The van der Waals surface area contributed by atoms with Gasteiger partial charge in [-0.15, -0.1) is 0 Å². The summed E-state index contributed by atoms with van der Waals surface area (Å²) >= 11 is 0. The number of Topliss-reactive ketones (excluding diaryl/α,β-unsaturated/α-hetero) is 1. The number of rotatable bonds is 3. The Balaban J connectivity index is 2.36. The second-order valence-electron chi connectivity index (χ2n) is 5.85. The molecule has 0 spiro atoms. The van der Waals surface area contributed by atoms with Crippen LogP contribution in [0.1, 0.15) is 43.0 Å². The van der Waals surface area contributed by atoms with Crippen molar-refractivity contribution in [1.82, 2.24) is 9.88 Å². The van der Waals surface area contributed by atoms with Gasteiger partial charge in [0.2, 0.25) is 0 Å². The molecule has 0 bridgehead atoms. The minimum atomic E-state index is -0.507. The van der Waals surface area contributed by atoms with E-state index in [-0.39, 0.29) is 5.78 Å². The summed E-state index contributed by atoms with van der Waals surface area (Å²) in [6.45, 7) is 2.18. The summed E-state index contributed by atoms with van der Waals surface area (Å²) in [5.41, 5.74) is -0.129. The highest BCUT2D eigenvalue weighted by Gasteiger charge is 2.43. The zero-order valence-corrected chi connectivity index (χ0v) is 11.8. The fourth-order valence-electron chi connectivity index (χ4n) is 3.14. The van der Waals surface area contributed by atoms with Crippen molar-refractivity contribution in [2.24, 2.45) is 5.92 Å². The molecule has 0 N–H and O–H groups in total. The van der Waals surface area contributed by atoms with Gasteiger partial charge < -0.3 is 0 Å². The molecule has 1 fully saturated rings. The van der Waals surface area contributed by atoms with Gasteiger partial charge in [-0.1, -0.05) is 19.8 Å². The maximum atomic E-state index is 13.3. The van der Waals surface area contributed by atoms with Crippen molar-refractivity contribution in [3.63, 3.8) is 0 Å². The molecule has 0 saturated heterocycles. The van der Waals surface area contributed by atoms with Gasteiger partial charge in [-0.05, 0) is 38.9 Å². The first-order valence-electron chi connectivity index (χ1n) is 6.78.